The van der Waals surface area contributed by atoms with E-state index in [9.17, 15) is 26.0 Å². The molecule has 0 unspecified atom stereocenters. The maximum Gasteiger partial charge on any atom is 0.0648 e. The molecule has 9 aromatic carbocycles. The molecule has 0 heterocycles. The lowest BCUT2D eigenvalue weighted by atomic mass is 9.82. The molecule has 0 N–H and O–H groups in total. The third kappa shape index (κ3) is 5.45. The molecule has 282 valence electrons. The van der Waals surface area contributed by atoms with Gasteiger partial charge in [-0.25, -0.2) is 0 Å². The fraction of sp³-hybridized carbons (Fsp3) is 0.103. The average Bonchev–Trinajstić information content (AvgIpc) is 1.48. The summed E-state index contributed by atoms with van der Waals surface area (Å²) in [6.07, 6.45) is 0. The predicted octanol–water partition coefficient (Wildman–Crippen LogP) is 15.9. The summed E-state index contributed by atoms with van der Waals surface area (Å²) in [5.41, 5.74) is -30.6. The second-order valence-electron chi connectivity index (χ2n) is 13.0. The molecule has 0 amide bonds. The summed E-state index contributed by atoms with van der Waals surface area (Å²) in [7, 11) is 0. The van der Waals surface area contributed by atoms with Gasteiger partial charge in [0.05, 0.1) is 50.9 Å². The molecule has 0 fully saturated rings. The molecule has 0 saturated carbocycles. The summed E-state index contributed by atoms with van der Waals surface area (Å²) >= 11 is 0. The first-order valence-corrected chi connectivity index (χ1v) is 17.2. The molecule has 0 spiro atoms. The molecular formula is C58H45N. The van der Waals surface area contributed by atoms with Crippen LogP contribution in [0.2, 0.25) is 0 Å². The molecule has 1 nitrogen and oxygen atoms in total. The number of rotatable bonds is 6. The topological polar surface area (TPSA) is 3.24 Å². The minimum absolute atomic E-state index is 0.0381. The summed E-state index contributed by atoms with van der Waals surface area (Å²) in [6.45, 7) is -16.9. The van der Waals surface area contributed by atoms with Gasteiger partial charge in [-0.15, -0.1) is 0 Å². The van der Waals surface area contributed by atoms with E-state index in [0.29, 0.717) is 0 Å². The Bertz CT molecular complexity index is 5360. The Morgan fingerprint density at radius 2 is 0.932 bits per heavy atom. The van der Waals surface area contributed by atoms with Crippen LogP contribution in [0.3, 0.4) is 0 Å². The third-order valence-electron chi connectivity index (χ3n) is 9.69. The van der Waals surface area contributed by atoms with E-state index in [0.717, 1.165) is 0 Å². The Morgan fingerprint density at radius 3 is 1.71 bits per heavy atom. The Hall–Kier alpha value is -6.96. The molecule has 9 aromatic rings. The Morgan fingerprint density at radius 1 is 0.373 bits per heavy atom. The molecule has 2 aliphatic rings. The quantitative estimate of drug-likeness (QED) is 0.162. The Balaban J connectivity index is 1.43. The fourth-order valence-corrected chi connectivity index (χ4v) is 7.04. The molecule has 0 aromatic heterocycles. The van der Waals surface area contributed by atoms with Crippen molar-refractivity contribution < 1.29 is 61.7 Å². The number of hydrogen-bond donors (Lipinski definition) is 0. The van der Waals surface area contributed by atoms with Gasteiger partial charge in [-0.1, -0.05) is 197 Å². The molecule has 0 bridgehead atoms. The molecule has 0 radical (unpaired) electrons. The van der Waals surface area contributed by atoms with Gasteiger partial charge in [-0.2, -0.15) is 0 Å². The van der Waals surface area contributed by atoms with Crippen LogP contribution in [0.5, 0.6) is 0 Å². The number of nitrogens with zero attached hydrogens (tertiary/aromatic N) is 1. The van der Waals surface area contributed by atoms with Gasteiger partial charge in [-0.3, -0.25) is 0 Å². The lowest BCUT2D eigenvalue weighted by Gasteiger charge is -2.30. The number of anilines is 3. The maximum atomic E-state index is 10.4. The zero-order chi connectivity index (χ0) is 78.6. The first-order valence-electron chi connectivity index (χ1n) is 39.7. The molecule has 59 heavy (non-hydrogen) atoms. The van der Waals surface area contributed by atoms with E-state index >= 15 is 0 Å². The van der Waals surface area contributed by atoms with Crippen molar-refractivity contribution in [3.63, 3.8) is 0 Å². The summed E-state index contributed by atoms with van der Waals surface area (Å²) in [5.74, 6) is 0. The van der Waals surface area contributed by atoms with Crippen molar-refractivity contribution in [2.75, 3.05) is 4.90 Å². The molecule has 11 rings (SSSR count). The minimum Gasteiger partial charge on any atom is -0.310 e. The van der Waals surface area contributed by atoms with Crippen LogP contribution in [-0.4, -0.2) is 0 Å². The van der Waals surface area contributed by atoms with Gasteiger partial charge in [0.1, 0.15) is 0 Å². The highest BCUT2D eigenvalue weighted by Gasteiger charge is 2.39. The normalized spacial score (nSPS) is 25.7. The van der Waals surface area contributed by atoms with Crippen LogP contribution >= 0.6 is 0 Å². The number of hydrogen-bond acceptors (Lipinski definition) is 1. The van der Waals surface area contributed by atoms with E-state index < -0.39 is 343 Å². The van der Waals surface area contributed by atoms with Crippen LogP contribution in [0, 0.1) is 0 Å². The van der Waals surface area contributed by atoms with E-state index in [1.54, 1.807) is 0 Å². The molecule has 0 saturated heterocycles. The minimum atomic E-state index is -4.23. The van der Waals surface area contributed by atoms with Gasteiger partial charge in [0.25, 0.3) is 0 Å². The van der Waals surface area contributed by atoms with Crippen molar-refractivity contribution in [1.82, 2.24) is 0 Å². The van der Waals surface area contributed by atoms with Crippen LogP contribution in [0.15, 0.2) is 199 Å². The van der Waals surface area contributed by atoms with Crippen molar-refractivity contribution in [3.05, 3.63) is 222 Å². The van der Waals surface area contributed by atoms with Crippen molar-refractivity contribution in [1.29, 1.82) is 0 Å². The second kappa shape index (κ2) is 13.3. The van der Waals surface area contributed by atoms with Crippen LogP contribution in [0.25, 0.3) is 66.4 Å². The van der Waals surface area contributed by atoms with Crippen molar-refractivity contribution in [3.8, 4) is 55.6 Å². The lowest BCUT2D eigenvalue weighted by Crippen LogP contribution is -2.17. The maximum absolute atomic E-state index is 10.4. The summed E-state index contributed by atoms with van der Waals surface area (Å²) < 4.78 is 416. The summed E-state index contributed by atoms with van der Waals surface area (Å²) in [6, 6.07) is -44.9. The van der Waals surface area contributed by atoms with Gasteiger partial charge in [0.2, 0.25) is 0 Å². The van der Waals surface area contributed by atoms with Gasteiger partial charge < -0.3 is 4.90 Å². The Labute approximate surface area is 411 Å². The van der Waals surface area contributed by atoms with Crippen LogP contribution in [-0.2, 0) is 10.8 Å². The van der Waals surface area contributed by atoms with E-state index in [-0.39, 0.29) is 4.90 Å². The summed E-state index contributed by atoms with van der Waals surface area (Å²) in [4.78, 5) is -0.0381. The highest BCUT2D eigenvalue weighted by Crippen LogP contribution is 2.56. The Kier molecular flexibility index (Phi) is 2.67. The number of fused-ring (bicyclic) bond motifs is 7. The first kappa shape index (κ1) is 11.8. The molecule has 0 aliphatic heterocycles. The van der Waals surface area contributed by atoms with E-state index in [1.807, 2.05) is 0 Å². The molecule has 2 aliphatic carbocycles. The van der Waals surface area contributed by atoms with Crippen molar-refractivity contribution in [2.45, 2.75) is 38.2 Å². The molecular weight excluding hydrogens is 711 g/mol. The second-order valence-corrected chi connectivity index (χ2v) is 13.0. The number of benzene rings is 9. The molecule has 1 heteroatoms. The first-order chi connectivity index (χ1) is 47.5. The highest BCUT2D eigenvalue weighted by atomic mass is 15.1. The SMILES string of the molecule is [2H]c1c([2H])c([2H])c(-c2c([2H])c([2H])c(-c3c(-c4c([2H])c([2H])c(N(c5c([2H])c([2H])c6c(c5[2H])C(C([2H])([2H])[2H])(C([2H])([2H])[2H])c5c([2H])c([2H])c([2H])c([2H])c5-6)c5c([2H])c([2H])c([2H])c6c5-c5c([2H])c([2H])c([2H])c([2H])c5C6(C([2H])([2H])[2H])C([2H])([2H])[2H])c([2H])c4[2H])c([2H])c([2H])c4c([2H])c([2H])c([2H])c([2H])c34)c([2H])c2[2H])c([2H])c1[2H]. The standard InChI is InChI=1S/C58H45N/c1-57(2)51-22-13-11-20-49(51)56-52(57)23-14-24-54(56)59(44-34-36-48-47-19-10-12-21-50(47)58(3,4)53(48)37-44)43-32-29-41(30-33-43)46-35-31-40-17-8-9-18-45(40)55(46)42-27-25-39(26-28-42)38-15-6-5-7-16-38/h5-37H,1-4H3/i1D3,2D3,3D3,4D3,5D,6D,7D,8D,9D,10D,11D,12D,13D,14D,15D,16D,17D,18D,19D,20D,21D,22D,23D,24D,25D,26D,27D,28D,29D,30D,31D,32D,33D,34D,35D,36D,37D. The largest absolute Gasteiger partial charge is 0.310 e. The zero-order valence-electron chi connectivity index (χ0n) is 74.4. The van der Waals surface area contributed by atoms with E-state index in [2.05, 4.69) is 0 Å². The van der Waals surface area contributed by atoms with E-state index in [1.165, 1.54) is 0 Å². The molecule has 0 atom stereocenters. The van der Waals surface area contributed by atoms with Crippen molar-refractivity contribution >= 4 is 27.8 Å². The average molecular weight is 801 g/mol. The zero-order valence-corrected chi connectivity index (χ0v) is 29.4. The highest BCUT2D eigenvalue weighted by molar-refractivity contribution is 6.05. The van der Waals surface area contributed by atoms with Crippen LogP contribution < -0.4 is 4.90 Å². The van der Waals surface area contributed by atoms with Gasteiger partial charge in [0.15, 0.2) is 0 Å². The summed E-state index contributed by atoms with van der Waals surface area (Å²) in [5, 5.41) is -1.95. The van der Waals surface area contributed by atoms with E-state index in [4.69, 9.17) is 35.6 Å². The predicted molar refractivity (Wildman–Crippen MR) is 250 cm³/mol. The lowest BCUT2D eigenvalue weighted by molar-refractivity contribution is 0.660. The smallest absolute Gasteiger partial charge is 0.0648 e. The van der Waals surface area contributed by atoms with Crippen molar-refractivity contribution in [2.24, 2.45) is 0 Å². The van der Waals surface area contributed by atoms with Gasteiger partial charge in [0, 0.05) is 44.2 Å². The fourth-order valence-electron chi connectivity index (χ4n) is 7.04. The van der Waals surface area contributed by atoms with Crippen LogP contribution in [0.4, 0.5) is 17.1 Å². The third-order valence-corrected chi connectivity index (χ3v) is 9.69. The van der Waals surface area contributed by atoms with Crippen LogP contribution in [0.1, 0.15) is 111 Å². The van der Waals surface area contributed by atoms with Gasteiger partial charge in [-0.05, 0) is 113 Å². The monoisotopic (exact) mass is 801 g/mol. The van der Waals surface area contributed by atoms with Gasteiger partial charge >= 0.3 is 0 Å².